The molecule has 4 bridgehead atoms. The summed E-state index contributed by atoms with van der Waals surface area (Å²) in [5.41, 5.74) is 3.11. The van der Waals surface area contributed by atoms with Crippen molar-refractivity contribution in [3.05, 3.63) is 35.4 Å². The van der Waals surface area contributed by atoms with Crippen molar-refractivity contribution in [3.63, 3.8) is 0 Å². The molecule has 0 aliphatic heterocycles. The summed E-state index contributed by atoms with van der Waals surface area (Å²) in [5.74, 6) is -0.616. The fraction of sp³-hybridized carbons (Fsp3) is 0.643. The van der Waals surface area contributed by atoms with E-state index in [1.807, 2.05) is 6.92 Å². The van der Waals surface area contributed by atoms with Gasteiger partial charge in [0.1, 0.15) is 0 Å². The summed E-state index contributed by atoms with van der Waals surface area (Å²) in [6, 6.07) is 3.48. The minimum absolute atomic E-state index is 0.00489. The largest absolute Gasteiger partial charge is 0.476 e. The second-order valence-corrected chi connectivity index (χ2v) is 12.0. The predicted molar refractivity (Wildman–Crippen MR) is 136 cm³/mol. The number of pyridine rings is 1. The number of aromatic carboxylic acids is 1. The van der Waals surface area contributed by atoms with E-state index in [2.05, 4.69) is 28.8 Å². The highest BCUT2D eigenvalue weighted by Gasteiger charge is 2.62. The molecule has 0 saturated heterocycles. The Labute approximate surface area is 212 Å². The Bertz CT molecular complexity index is 1190. The lowest BCUT2D eigenvalue weighted by molar-refractivity contribution is -0.222. The molecule has 194 valence electrons. The minimum Gasteiger partial charge on any atom is -0.476 e. The van der Waals surface area contributed by atoms with Gasteiger partial charge < -0.3 is 15.2 Å². The summed E-state index contributed by atoms with van der Waals surface area (Å²) < 4.78 is 8.65. The van der Waals surface area contributed by atoms with Crippen molar-refractivity contribution in [2.24, 2.45) is 16.7 Å². The number of amides is 1. The SMILES string of the molecule is CCCOC12CC3CC(C)(CC(Cn4ncc(-c5ccc(CC(=O)NC)nc5C(=O)O)c4C)(C3)C1)C2. The number of ether oxygens (including phenoxy) is 1. The Morgan fingerprint density at radius 3 is 2.69 bits per heavy atom. The number of carbonyl (C=O) groups excluding carboxylic acids is 1. The number of carbonyl (C=O) groups is 2. The van der Waals surface area contributed by atoms with Gasteiger partial charge in [0.2, 0.25) is 5.91 Å². The standard InChI is InChI=1S/C28H38N4O4/c1-5-8-36-28-12-19-10-26(3,15-28)14-27(11-19,16-28)17-32-18(2)22(13-30-32)21-7-6-20(9-23(33)29-4)31-24(21)25(34)35/h6-7,13,19H,5,8-12,14-17H2,1-4H3,(H,29,33)(H,34,35). The Hall–Kier alpha value is -2.74. The van der Waals surface area contributed by atoms with E-state index in [4.69, 9.17) is 9.84 Å². The highest BCUT2D eigenvalue weighted by molar-refractivity contribution is 5.94. The summed E-state index contributed by atoms with van der Waals surface area (Å²) in [6.45, 7) is 8.29. The monoisotopic (exact) mass is 494 g/mol. The second-order valence-electron chi connectivity index (χ2n) is 12.0. The van der Waals surface area contributed by atoms with E-state index in [-0.39, 0.29) is 29.0 Å². The number of aromatic nitrogens is 3. The third kappa shape index (κ3) is 4.44. The highest BCUT2D eigenvalue weighted by Crippen LogP contribution is 2.68. The van der Waals surface area contributed by atoms with E-state index in [0.29, 0.717) is 22.6 Å². The smallest absolute Gasteiger partial charge is 0.355 e. The molecule has 0 radical (unpaired) electrons. The molecular formula is C28H38N4O4. The number of rotatable bonds is 9. The Morgan fingerprint density at radius 2 is 2.00 bits per heavy atom. The van der Waals surface area contributed by atoms with Gasteiger partial charge in [-0.15, -0.1) is 0 Å². The van der Waals surface area contributed by atoms with Crippen LogP contribution in [0.5, 0.6) is 0 Å². The van der Waals surface area contributed by atoms with Gasteiger partial charge in [0.15, 0.2) is 5.69 Å². The van der Waals surface area contributed by atoms with Gasteiger partial charge in [0, 0.05) is 37.0 Å². The highest BCUT2D eigenvalue weighted by atomic mass is 16.5. The summed E-state index contributed by atoms with van der Waals surface area (Å²) in [6.07, 6.45) is 9.98. The molecule has 2 aromatic heterocycles. The lowest BCUT2D eigenvalue weighted by Gasteiger charge is -2.65. The second kappa shape index (κ2) is 8.98. The van der Waals surface area contributed by atoms with E-state index >= 15 is 0 Å². The zero-order valence-electron chi connectivity index (χ0n) is 21.9. The molecule has 4 atom stereocenters. The van der Waals surface area contributed by atoms with Gasteiger partial charge >= 0.3 is 5.97 Å². The summed E-state index contributed by atoms with van der Waals surface area (Å²) in [7, 11) is 1.55. The van der Waals surface area contributed by atoms with Crippen LogP contribution >= 0.6 is 0 Å². The van der Waals surface area contributed by atoms with Crippen LogP contribution in [-0.2, 0) is 22.5 Å². The maximum Gasteiger partial charge on any atom is 0.355 e. The van der Waals surface area contributed by atoms with E-state index in [1.54, 1.807) is 25.4 Å². The molecule has 4 aliphatic carbocycles. The topological polar surface area (TPSA) is 106 Å². The molecule has 6 rings (SSSR count). The lowest BCUT2D eigenvalue weighted by Crippen LogP contribution is -2.61. The van der Waals surface area contributed by atoms with Crippen molar-refractivity contribution in [2.45, 2.75) is 84.3 Å². The zero-order valence-corrected chi connectivity index (χ0v) is 21.9. The van der Waals surface area contributed by atoms with Crippen LogP contribution in [0.25, 0.3) is 11.1 Å². The molecule has 0 aromatic carbocycles. The van der Waals surface area contributed by atoms with E-state index in [0.717, 1.165) is 43.7 Å². The number of hydrogen-bond donors (Lipinski definition) is 2. The van der Waals surface area contributed by atoms with Crippen LogP contribution in [0.4, 0.5) is 0 Å². The van der Waals surface area contributed by atoms with Gasteiger partial charge in [-0.1, -0.05) is 13.8 Å². The lowest BCUT2D eigenvalue weighted by atomic mass is 9.43. The molecular weight excluding hydrogens is 456 g/mol. The van der Waals surface area contributed by atoms with Crippen LogP contribution in [0, 0.1) is 23.7 Å². The average Bonchev–Trinajstić information content (AvgIpc) is 3.15. The first-order valence-electron chi connectivity index (χ1n) is 13.2. The van der Waals surface area contributed by atoms with Crippen LogP contribution in [0.1, 0.15) is 80.7 Å². The fourth-order valence-electron chi connectivity index (χ4n) is 8.11. The molecule has 4 aliphatic rings. The van der Waals surface area contributed by atoms with Gasteiger partial charge in [-0.05, 0) is 80.8 Å². The molecule has 4 saturated carbocycles. The maximum absolute atomic E-state index is 12.1. The number of nitrogens with one attached hydrogen (secondary N) is 1. The van der Waals surface area contributed by atoms with Crippen LogP contribution in [0.3, 0.4) is 0 Å². The van der Waals surface area contributed by atoms with Crippen molar-refractivity contribution in [2.75, 3.05) is 13.7 Å². The van der Waals surface area contributed by atoms with Crippen LogP contribution in [-0.4, -0.2) is 51.0 Å². The van der Waals surface area contributed by atoms with E-state index in [1.165, 1.54) is 25.7 Å². The van der Waals surface area contributed by atoms with Crippen molar-refractivity contribution in [1.82, 2.24) is 20.1 Å². The molecule has 2 N–H and O–H groups in total. The first kappa shape index (κ1) is 24.9. The maximum atomic E-state index is 12.1. The van der Waals surface area contributed by atoms with Crippen LogP contribution < -0.4 is 5.32 Å². The predicted octanol–water partition coefficient (Wildman–Crippen LogP) is 4.40. The van der Waals surface area contributed by atoms with Crippen molar-refractivity contribution in [3.8, 4) is 11.1 Å². The molecule has 0 spiro atoms. The first-order valence-corrected chi connectivity index (χ1v) is 13.2. The van der Waals surface area contributed by atoms with E-state index in [9.17, 15) is 14.7 Å². The van der Waals surface area contributed by atoms with Crippen molar-refractivity contribution < 1.29 is 19.4 Å². The van der Waals surface area contributed by atoms with Crippen LogP contribution in [0.2, 0.25) is 0 Å². The first-order chi connectivity index (χ1) is 17.1. The third-order valence-electron chi connectivity index (χ3n) is 8.68. The van der Waals surface area contributed by atoms with Crippen molar-refractivity contribution in [1.29, 1.82) is 0 Å². The number of hydrogen-bond acceptors (Lipinski definition) is 5. The average molecular weight is 495 g/mol. The van der Waals surface area contributed by atoms with Gasteiger partial charge in [-0.3, -0.25) is 9.48 Å². The Morgan fingerprint density at radius 1 is 1.19 bits per heavy atom. The molecule has 8 heteroatoms. The quantitative estimate of drug-likeness (QED) is 0.535. The molecule has 36 heavy (non-hydrogen) atoms. The summed E-state index contributed by atoms with van der Waals surface area (Å²) >= 11 is 0. The van der Waals surface area contributed by atoms with Gasteiger partial charge in [0.25, 0.3) is 0 Å². The third-order valence-corrected chi connectivity index (χ3v) is 8.68. The summed E-state index contributed by atoms with van der Waals surface area (Å²) in [4.78, 5) is 28.1. The van der Waals surface area contributed by atoms with Crippen LogP contribution in [0.15, 0.2) is 18.3 Å². The fourth-order valence-corrected chi connectivity index (χ4v) is 8.11. The van der Waals surface area contributed by atoms with Gasteiger partial charge in [-0.2, -0.15) is 5.10 Å². The van der Waals surface area contributed by atoms with Gasteiger partial charge in [-0.25, -0.2) is 9.78 Å². The number of nitrogens with zero attached hydrogens (tertiary/aromatic N) is 3. The van der Waals surface area contributed by atoms with Gasteiger partial charge in [0.05, 0.1) is 23.9 Å². The molecule has 8 nitrogen and oxygen atoms in total. The Balaban J connectivity index is 1.44. The zero-order chi connectivity index (χ0) is 25.7. The molecule has 4 unspecified atom stereocenters. The molecule has 2 aromatic rings. The molecule has 4 fully saturated rings. The van der Waals surface area contributed by atoms with E-state index < -0.39 is 5.97 Å². The molecule has 2 heterocycles. The van der Waals surface area contributed by atoms with Crippen molar-refractivity contribution >= 4 is 11.9 Å². The Kier molecular flexibility index (Phi) is 6.22. The molecule has 1 amide bonds. The minimum atomic E-state index is -1.11. The number of carboxylic acids is 1. The summed E-state index contributed by atoms with van der Waals surface area (Å²) in [5, 5.41) is 17.2. The number of likely N-dealkylation sites (N-methyl/N-ethyl adjacent to an activating group) is 1. The normalized spacial score (nSPS) is 30.5. The number of carboxylic acid groups (broad SMARTS) is 1.